The van der Waals surface area contributed by atoms with E-state index in [1.54, 1.807) is 24.3 Å². The molecule has 13 heteroatoms. The fourth-order valence-corrected chi connectivity index (χ4v) is 5.58. The zero-order chi connectivity index (χ0) is 28.3. The second kappa shape index (κ2) is 12.1. The molecule has 0 aromatic heterocycles. The van der Waals surface area contributed by atoms with Crippen molar-refractivity contribution in [2.24, 2.45) is 0 Å². The second-order valence-electron chi connectivity index (χ2n) is 9.21. The summed E-state index contributed by atoms with van der Waals surface area (Å²) in [5.41, 5.74) is -1.13. The van der Waals surface area contributed by atoms with Crippen molar-refractivity contribution in [1.29, 1.82) is 0 Å². The van der Waals surface area contributed by atoms with Crippen LogP contribution in [0, 0.1) is 0 Å². The van der Waals surface area contributed by atoms with E-state index in [0.717, 1.165) is 42.9 Å². The zero-order valence-corrected chi connectivity index (χ0v) is 23.1. The Morgan fingerprint density at radius 2 is 1.71 bits per heavy atom. The SMILES string of the molecule is CC(C(=O)NC1CCCC1)N(Cc1ccccc1Cl)C(=O)CN(c1cc(C(F)(F)F)ccc1Cl)S(C)(=O)=O. The summed E-state index contributed by atoms with van der Waals surface area (Å²) >= 11 is 12.4. The maximum Gasteiger partial charge on any atom is 0.416 e. The summed E-state index contributed by atoms with van der Waals surface area (Å²) < 4.78 is 65.9. The smallest absolute Gasteiger partial charge is 0.352 e. The molecule has 0 bridgehead atoms. The largest absolute Gasteiger partial charge is 0.416 e. The lowest BCUT2D eigenvalue weighted by molar-refractivity contribution is -0.139. The van der Waals surface area contributed by atoms with Gasteiger partial charge in [-0.15, -0.1) is 0 Å². The van der Waals surface area contributed by atoms with Gasteiger partial charge in [-0.25, -0.2) is 8.42 Å². The molecule has 1 unspecified atom stereocenters. The molecule has 0 spiro atoms. The van der Waals surface area contributed by atoms with Crippen LogP contribution in [-0.4, -0.2) is 50.0 Å². The number of rotatable bonds is 9. The molecule has 0 heterocycles. The Kier molecular flexibility index (Phi) is 9.59. The van der Waals surface area contributed by atoms with E-state index < -0.39 is 51.9 Å². The van der Waals surface area contributed by atoms with Crippen LogP contribution in [-0.2, 0) is 32.3 Å². The summed E-state index contributed by atoms with van der Waals surface area (Å²) in [4.78, 5) is 27.8. The van der Waals surface area contributed by atoms with E-state index in [-0.39, 0.29) is 17.6 Å². The third-order valence-electron chi connectivity index (χ3n) is 6.39. The van der Waals surface area contributed by atoms with Crippen LogP contribution in [0.5, 0.6) is 0 Å². The quantitative estimate of drug-likeness (QED) is 0.430. The Bertz CT molecular complexity index is 1280. The molecule has 0 aliphatic heterocycles. The molecule has 0 saturated heterocycles. The molecule has 2 aromatic carbocycles. The number of anilines is 1. The normalized spacial score (nSPS) is 15.2. The number of nitrogens with one attached hydrogen (secondary N) is 1. The number of nitrogens with zero attached hydrogens (tertiary/aromatic N) is 2. The molecular formula is C25H28Cl2F3N3O4S. The van der Waals surface area contributed by atoms with E-state index >= 15 is 0 Å². The molecular weight excluding hydrogens is 566 g/mol. The number of hydrogen-bond acceptors (Lipinski definition) is 4. The van der Waals surface area contributed by atoms with Crippen molar-refractivity contribution in [2.75, 3.05) is 17.1 Å². The fourth-order valence-electron chi connectivity index (χ4n) is 4.26. The van der Waals surface area contributed by atoms with E-state index in [1.807, 2.05) is 0 Å². The Labute approximate surface area is 229 Å². The maximum absolute atomic E-state index is 13.6. The lowest BCUT2D eigenvalue weighted by Crippen LogP contribution is -2.52. The first-order valence-electron chi connectivity index (χ1n) is 11.9. The van der Waals surface area contributed by atoms with Gasteiger partial charge in [0, 0.05) is 17.6 Å². The summed E-state index contributed by atoms with van der Waals surface area (Å²) in [5, 5.41) is 2.96. The number of hydrogen-bond donors (Lipinski definition) is 1. The van der Waals surface area contributed by atoms with Crippen LogP contribution in [0.15, 0.2) is 42.5 Å². The Morgan fingerprint density at radius 3 is 2.29 bits per heavy atom. The summed E-state index contributed by atoms with van der Waals surface area (Å²) in [6.07, 6.45) is -0.439. The number of alkyl halides is 3. The van der Waals surface area contributed by atoms with Crippen molar-refractivity contribution >= 4 is 50.7 Å². The number of halogens is 5. The van der Waals surface area contributed by atoms with E-state index in [1.165, 1.54) is 6.92 Å². The molecule has 1 atom stereocenters. The lowest BCUT2D eigenvalue weighted by Gasteiger charge is -2.32. The third-order valence-corrected chi connectivity index (χ3v) is 8.20. The van der Waals surface area contributed by atoms with Crippen molar-refractivity contribution in [2.45, 2.75) is 57.4 Å². The summed E-state index contributed by atoms with van der Waals surface area (Å²) in [6, 6.07) is 7.79. The highest BCUT2D eigenvalue weighted by molar-refractivity contribution is 7.92. The third kappa shape index (κ3) is 7.54. The lowest BCUT2D eigenvalue weighted by atomic mass is 10.1. The average molecular weight is 594 g/mol. The van der Waals surface area contributed by atoms with Gasteiger partial charge in [0.1, 0.15) is 12.6 Å². The number of carbonyl (C=O) groups excluding carboxylic acids is 2. The van der Waals surface area contributed by atoms with Crippen LogP contribution in [0.3, 0.4) is 0 Å². The van der Waals surface area contributed by atoms with Crippen molar-refractivity contribution < 1.29 is 31.2 Å². The minimum absolute atomic E-state index is 0.0290. The average Bonchev–Trinajstić information content (AvgIpc) is 3.33. The van der Waals surface area contributed by atoms with Crippen LogP contribution in [0.2, 0.25) is 10.0 Å². The highest BCUT2D eigenvalue weighted by Gasteiger charge is 2.35. The van der Waals surface area contributed by atoms with Gasteiger partial charge in [-0.1, -0.05) is 54.2 Å². The predicted molar refractivity (Wildman–Crippen MR) is 141 cm³/mol. The molecule has 7 nitrogen and oxygen atoms in total. The van der Waals surface area contributed by atoms with Gasteiger partial charge in [-0.3, -0.25) is 13.9 Å². The number of amides is 2. The molecule has 1 aliphatic rings. The summed E-state index contributed by atoms with van der Waals surface area (Å²) in [5.74, 6) is -1.25. The second-order valence-corrected chi connectivity index (χ2v) is 11.9. The molecule has 38 heavy (non-hydrogen) atoms. The monoisotopic (exact) mass is 593 g/mol. The van der Waals surface area contributed by atoms with Crippen LogP contribution >= 0.6 is 23.2 Å². The molecule has 1 fully saturated rings. The van der Waals surface area contributed by atoms with Crippen LogP contribution in [0.4, 0.5) is 18.9 Å². The first-order valence-corrected chi connectivity index (χ1v) is 14.5. The first kappa shape index (κ1) is 30.0. The van der Waals surface area contributed by atoms with Gasteiger partial charge in [-0.2, -0.15) is 13.2 Å². The fraction of sp³-hybridized carbons (Fsp3) is 0.440. The molecule has 1 aliphatic carbocycles. The van der Waals surface area contributed by atoms with Gasteiger partial charge in [0.2, 0.25) is 21.8 Å². The van der Waals surface area contributed by atoms with E-state index in [9.17, 15) is 31.2 Å². The molecule has 1 saturated carbocycles. The Hall–Kier alpha value is -2.50. The van der Waals surface area contributed by atoms with Gasteiger partial charge in [-0.05, 0) is 49.6 Å². The molecule has 2 amide bonds. The van der Waals surface area contributed by atoms with Crippen LogP contribution < -0.4 is 9.62 Å². The number of sulfonamides is 1. The minimum atomic E-state index is -4.77. The van der Waals surface area contributed by atoms with E-state index in [0.29, 0.717) is 27.0 Å². The van der Waals surface area contributed by atoms with Crippen molar-refractivity contribution in [3.05, 3.63) is 63.6 Å². The predicted octanol–water partition coefficient (Wildman–Crippen LogP) is 5.25. The van der Waals surface area contributed by atoms with Gasteiger partial charge in [0.05, 0.1) is 22.5 Å². The molecule has 208 valence electrons. The topological polar surface area (TPSA) is 86.8 Å². The van der Waals surface area contributed by atoms with E-state index in [4.69, 9.17) is 23.2 Å². The van der Waals surface area contributed by atoms with Gasteiger partial charge in [0.25, 0.3) is 0 Å². The molecule has 0 radical (unpaired) electrons. The summed E-state index contributed by atoms with van der Waals surface area (Å²) in [6.45, 7) is 0.484. The first-order chi connectivity index (χ1) is 17.7. The molecule has 1 N–H and O–H groups in total. The number of carbonyl (C=O) groups is 2. The highest BCUT2D eigenvalue weighted by Crippen LogP contribution is 2.36. The van der Waals surface area contributed by atoms with Gasteiger partial charge in [0.15, 0.2) is 0 Å². The van der Waals surface area contributed by atoms with E-state index in [2.05, 4.69) is 5.32 Å². The standard InChI is InChI=1S/C25H28Cl2F3N3O4S/c1-16(24(35)31-19-8-4-5-9-19)32(14-17-7-3-6-10-20(17)26)23(34)15-33(38(2,36)37)22-13-18(25(28,29)30)11-12-21(22)27/h3,6-7,10-13,16,19H,4-5,8-9,14-15H2,1-2H3,(H,31,35). The van der Waals surface area contributed by atoms with Crippen molar-refractivity contribution in [1.82, 2.24) is 10.2 Å². The highest BCUT2D eigenvalue weighted by atomic mass is 35.5. The van der Waals surface area contributed by atoms with Crippen LogP contribution in [0.1, 0.15) is 43.7 Å². The number of benzene rings is 2. The Balaban J connectivity index is 1.97. The van der Waals surface area contributed by atoms with Gasteiger partial charge < -0.3 is 10.2 Å². The maximum atomic E-state index is 13.6. The Morgan fingerprint density at radius 1 is 1.08 bits per heavy atom. The minimum Gasteiger partial charge on any atom is -0.352 e. The van der Waals surface area contributed by atoms with Crippen molar-refractivity contribution in [3.63, 3.8) is 0 Å². The van der Waals surface area contributed by atoms with Gasteiger partial charge >= 0.3 is 6.18 Å². The zero-order valence-electron chi connectivity index (χ0n) is 20.8. The van der Waals surface area contributed by atoms with Crippen LogP contribution in [0.25, 0.3) is 0 Å². The van der Waals surface area contributed by atoms with Crippen molar-refractivity contribution in [3.8, 4) is 0 Å². The molecule has 3 rings (SSSR count). The molecule has 2 aromatic rings. The summed E-state index contributed by atoms with van der Waals surface area (Å²) in [7, 11) is -4.27.